The fraction of sp³-hybridized carbons (Fsp3) is 0.217. The lowest BCUT2D eigenvalue weighted by Crippen LogP contribution is -2.46. The molecule has 28 heavy (non-hydrogen) atoms. The number of para-hydroxylation sites is 2. The summed E-state index contributed by atoms with van der Waals surface area (Å²) in [7, 11) is 0. The van der Waals surface area contributed by atoms with Gasteiger partial charge in [0.15, 0.2) is 0 Å². The predicted octanol–water partition coefficient (Wildman–Crippen LogP) is 3.97. The number of carbonyl (C=O) groups excluding carboxylic acids is 1. The molecule has 1 aliphatic rings. The highest BCUT2D eigenvalue weighted by Gasteiger charge is 2.19. The topological polar surface area (TPSA) is 48.5 Å². The molecule has 4 rings (SSSR count). The van der Waals surface area contributed by atoms with E-state index in [9.17, 15) is 4.79 Å². The molecule has 142 valence electrons. The van der Waals surface area contributed by atoms with Gasteiger partial charge in [-0.2, -0.15) is 0 Å². The monoisotopic (exact) mass is 372 g/mol. The molecule has 1 amide bonds. The van der Waals surface area contributed by atoms with Crippen molar-refractivity contribution in [1.29, 1.82) is 0 Å². The Labute approximate surface area is 165 Å². The van der Waals surface area contributed by atoms with Crippen molar-refractivity contribution in [2.45, 2.75) is 6.92 Å². The van der Waals surface area contributed by atoms with Gasteiger partial charge in [-0.3, -0.25) is 4.79 Å². The van der Waals surface area contributed by atoms with E-state index < -0.39 is 0 Å². The predicted molar refractivity (Wildman–Crippen MR) is 114 cm³/mol. The minimum Gasteiger partial charge on any atom is -0.368 e. The Bertz CT molecular complexity index is 950. The van der Waals surface area contributed by atoms with Gasteiger partial charge in [-0.25, -0.2) is 4.98 Å². The molecule has 1 saturated heterocycles. The molecule has 1 aromatic heterocycles. The molecular formula is C23H24N4O. The number of carbonyl (C=O) groups is 1. The first-order valence-corrected chi connectivity index (χ1v) is 9.59. The SMILES string of the molecule is Cc1ccccc1NC(=O)c1ccnc(N2CCN(c3ccccc3)CC2)c1. The summed E-state index contributed by atoms with van der Waals surface area (Å²) in [6.07, 6.45) is 1.71. The fourth-order valence-electron chi connectivity index (χ4n) is 3.47. The standard InChI is InChI=1S/C23H24N4O/c1-18-7-5-6-10-21(18)25-23(28)19-11-12-24-22(17-19)27-15-13-26(14-16-27)20-8-3-2-4-9-20/h2-12,17H,13-16H2,1H3,(H,25,28). The lowest BCUT2D eigenvalue weighted by Gasteiger charge is -2.36. The third-order valence-electron chi connectivity index (χ3n) is 5.13. The number of hydrogen-bond donors (Lipinski definition) is 1. The number of piperazine rings is 1. The molecule has 0 bridgehead atoms. The first kappa shape index (κ1) is 18.0. The second-order valence-corrected chi connectivity index (χ2v) is 6.98. The lowest BCUT2D eigenvalue weighted by molar-refractivity contribution is 0.102. The van der Waals surface area contributed by atoms with Crippen molar-refractivity contribution in [2.75, 3.05) is 41.3 Å². The van der Waals surface area contributed by atoms with Gasteiger partial charge in [0.2, 0.25) is 0 Å². The van der Waals surface area contributed by atoms with Crippen LogP contribution in [0.15, 0.2) is 72.9 Å². The van der Waals surface area contributed by atoms with Gasteiger partial charge in [0.05, 0.1) is 0 Å². The van der Waals surface area contributed by atoms with Crippen LogP contribution in [0.1, 0.15) is 15.9 Å². The Morgan fingerprint density at radius 3 is 2.32 bits per heavy atom. The van der Waals surface area contributed by atoms with E-state index in [1.165, 1.54) is 5.69 Å². The normalized spacial score (nSPS) is 14.0. The third-order valence-corrected chi connectivity index (χ3v) is 5.13. The van der Waals surface area contributed by atoms with E-state index in [0.717, 1.165) is 43.2 Å². The molecule has 5 nitrogen and oxygen atoms in total. The van der Waals surface area contributed by atoms with Gasteiger partial charge in [-0.1, -0.05) is 36.4 Å². The Morgan fingerprint density at radius 2 is 1.57 bits per heavy atom. The van der Waals surface area contributed by atoms with Crippen LogP contribution in [0.2, 0.25) is 0 Å². The number of nitrogens with one attached hydrogen (secondary N) is 1. The quantitative estimate of drug-likeness (QED) is 0.753. The molecule has 0 atom stereocenters. The van der Waals surface area contributed by atoms with Gasteiger partial charge in [-0.15, -0.1) is 0 Å². The van der Waals surface area contributed by atoms with Gasteiger partial charge >= 0.3 is 0 Å². The van der Waals surface area contributed by atoms with E-state index in [1.54, 1.807) is 12.3 Å². The summed E-state index contributed by atoms with van der Waals surface area (Å²) < 4.78 is 0. The van der Waals surface area contributed by atoms with E-state index in [4.69, 9.17) is 0 Å². The first-order chi connectivity index (χ1) is 13.7. The average molecular weight is 372 g/mol. The van der Waals surface area contributed by atoms with Crippen molar-refractivity contribution in [3.63, 3.8) is 0 Å². The molecule has 2 heterocycles. The maximum Gasteiger partial charge on any atom is 0.255 e. The fourth-order valence-corrected chi connectivity index (χ4v) is 3.47. The molecule has 0 saturated carbocycles. The second kappa shape index (κ2) is 8.13. The lowest BCUT2D eigenvalue weighted by atomic mass is 10.1. The highest BCUT2D eigenvalue weighted by Crippen LogP contribution is 2.20. The van der Waals surface area contributed by atoms with E-state index in [1.807, 2.05) is 43.3 Å². The minimum absolute atomic E-state index is 0.110. The molecule has 0 unspecified atom stereocenters. The summed E-state index contributed by atoms with van der Waals surface area (Å²) in [6.45, 7) is 5.62. The smallest absolute Gasteiger partial charge is 0.255 e. The van der Waals surface area contributed by atoms with Crippen molar-refractivity contribution in [1.82, 2.24) is 4.98 Å². The van der Waals surface area contributed by atoms with Gasteiger partial charge in [0.25, 0.3) is 5.91 Å². The van der Waals surface area contributed by atoms with Crippen molar-refractivity contribution < 1.29 is 4.79 Å². The van der Waals surface area contributed by atoms with Crippen LogP contribution < -0.4 is 15.1 Å². The zero-order chi connectivity index (χ0) is 19.3. The van der Waals surface area contributed by atoms with Gasteiger partial charge < -0.3 is 15.1 Å². The van der Waals surface area contributed by atoms with Crippen molar-refractivity contribution in [2.24, 2.45) is 0 Å². The van der Waals surface area contributed by atoms with Crippen LogP contribution in [-0.4, -0.2) is 37.1 Å². The second-order valence-electron chi connectivity index (χ2n) is 6.98. The van der Waals surface area contributed by atoms with E-state index in [2.05, 4.69) is 44.4 Å². The van der Waals surface area contributed by atoms with Crippen LogP contribution in [0.25, 0.3) is 0 Å². The minimum atomic E-state index is -0.110. The van der Waals surface area contributed by atoms with Crippen molar-refractivity contribution in [3.8, 4) is 0 Å². The molecule has 1 aliphatic heterocycles. The van der Waals surface area contributed by atoms with E-state index in [0.29, 0.717) is 5.56 Å². The Balaban J connectivity index is 1.43. The van der Waals surface area contributed by atoms with Gasteiger partial charge in [-0.05, 0) is 42.8 Å². The summed E-state index contributed by atoms with van der Waals surface area (Å²) in [4.78, 5) is 21.8. The summed E-state index contributed by atoms with van der Waals surface area (Å²) >= 11 is 0. The van der Waals surface area contributed by atoms with Gasteiger partial charge in [0.1, 0.15) is 5.82 Å². The Hall–Kier alpha value is -3.34. The van der Waals surface area contributed by atoms with Crippen molar-refractivity contribution >= 4 is 23.1 Å². The zero-order valence-electron chi connectivity index (χ0n) is 16.0. The molecule has 0 spiro atoms. The Kier molecular flexibility index (Phi) is 5.24. The molecule has 2 aromatic carbocycles. The van der Waals surface area contributed by atoms with Crippen LogP contribution in [0.4, 0.5) is 17.2 Å². The molecule has 0 aliphatic carbocycles. The number of hydrogen-bond acceptors (Lipinski definition) is 4. The summed E-state index contributed by atoms with van der Waals surface area (Å²) in [5, 5.41) is 2.99. The van der Waals surface area contributed by atoms with E-state index >= 15 is 0 Å². The molecule has 5 heteroatoms. The van der Waals surface area contributed by atoms with Crippen LogP contribution in [0.5, 0.6) is 0 Å². The van der Waals surface area contributed by atoms with Crippen LogP contribution in [0.3, 0.4) is 0 Å². The number of aryl methyl sites for hydroxylation is 1. The number of rotatable bonds is 4. The summed E-state index contributed by atoms with van der Waals surface area (Å²) in [6, 6.07) is 21.9. The number of pyridine rings is 1. The summed E-state index contributed by atoms with van der Waals surface area (Å²) in [5.74, 6) is 0.742. The average Bonchev–Trinajstić information content (AvgIpc) is 2.76. The molecular weight excluding hydrogens is 348 g/mol. The maximum absolute atomic E-state index is 12.7. The molecule has 3 aromatic rings. The number of aromatic nitrogens is 1. The highest BCUT2D eigenvalue weighted by molar-refractivity contribution is 6.05. The highest BCUT2D eigenvalue weighted by atomic mass is 16.1. The van der Waals surface area contributed by atoms with Crippen molar-refractivity contribution in [3.05, 3.63) is 84.1 Å². The third kappa shape index (κ3) is 3.98. The number of benzene rings is 2. The van der Waals surface area contributed by atoms with Gasteiger partial charge in [0, 0.05) is 49.3 Å². The van der Waals surface area contributed by atoms with Crippen LogP contribution in [-0.2, 0) is 0 Å². The zero-order valence-corrected chi connectivity index (χ0v) is 16.0. The van der Waals surface area contributed by atoms with E-state index in [-0.39, 0.29) is 5.91 Å². The number of nitrogens with zero attached hydrogens (tertiary/aromatic N) is 3. The largest absolute Gasteiger partial charge is 0.368 e. The Morgan fingerprint density at radius 1 is 0.893 bits per heavy atom. The molecule has 1 N–H and O–H groups in total. The number of anilines is 3. The maximum atomic E-state index is 12.7. The summed E-state index contributed by atoms with van der Waals surface area (Å²) in [5.41, 5.74) is 3.75. The van der Waals surface area contributed by atoms with Crippen LogP contribution in [0, 0.1) is 6.92 Å². The first-order valence-electron chi connectivity index (χ1n) is 9.59. The number of amides is 1. The molecule has 0 radical (unpaired) electrons. The molecule has 1 fully saturated rings. The van der Waals surface area contributed by atoms with Crippen LogP contribution >= 0.6 is 0 Å².